The molecule has 0 fully saturated rings. The minimum Gasteiger partial charge on any atom is -0.507 e. The van der Waals surface area contributed by atoms with Gasteiger partial charge in [-0.2, -0.15) is 5.10 Å². The first-order valence-electron chi connectivity index (χ1n) is 5.88. The van der Waals surface area contributed by atoms with E-state index >= 15 is 0 Å². The van der Waals surface area contributed by atoms with Crippen LogP contribution in [0.1, 0.15) is 15.9 Å². The Morgan fingerprint density at radius 3 is 2.68 bits per heavy atom. The van der Waals surface area contributed by atoms with E-state index in [-0.39, 0.29) is 17.1 Å². The quantitative estimate of drug-likeness (QED) is 0.291. The number of nitrogens with zero attached hydrogens (tertiary/aromatic N) is 1. The van der Waals surface area contributed by atoms with Crippen LogP contribution in [0.25, 0.3) is 0 Å². The molecule has 8 heteroatoms. The number of phenols is 2. The van der Waals surface area contributed by atoms with Crippen LogP contribution in [0.4, 0.5) is 0 Å². The molecule has 0 unspecified atom stereocenters. The van der Waals surface area contributed by atoms with Crippen molar-refractivity contribution in [2.75, 3.05) is 0 Å². The molecule has 2 aromatic carbocycles. The van der Waals surface area contributed by atoms with Crippen LogP contribution in [0.2, 0.25) is 0 Å². The summed E-state index contributed by atoms with van der Waals surface area (Å²) in [6, 6.07) is 8.10. The Kier molecular flexibility index (Phi) is 6.03. The SMILES string of the molecule is O=C(N/N=C/c1cc(I)cc(I)c1O)c1cc(Br)ccc1O. The summed E-state index contributed by atoms with van der Waals surface area (Å²) in [6.45, 7) is 0. The summed E-state index contributed by atoms with van der Waals surface area (Å²) in [4.78, 5) is 12.0. The molecule has 0 aromatic heterocycles. The molecule has 0 atom stereocenters. The van der Waals surface area contributed by atoms with Crippen LogP contribution in [-0.4, -0.2) is 22.3 Å². The highest BCUT2D eigenvalue weighted by Gasteiger charge is 2.11. The lowest BCUT2D eigenvalue weighted by Gasteiger charge is -2.05. The van der Waals surface area contributed by atoms with Crippen LogP contribution >= 0.6 is 61.1 Å². The van der Waals surface area contributed by atoms with E-state index in [9.17, 15) is 15.0 Å². The van der Waals surface area contributed by atoms with Crippen LogP contribution < -0.4 is 5.43 Å². The zero-order valence-electron chi connectivity index (χ0n) is 10.8. The summed E-state index contributed by atoms with van der Waals surface area (Å²) in [5, 5.41) is 23.4. The highest BCUT2D eigenvalue weighted by molar-refractivity contribution is 14.1. The Morgan fingerprint density at radius 2 is 1.95 bits per heavy atom. The average molecular weight is 587 g/mol. The Bertz CT molecular complexity index is 766. The Morgan fingerprint density at radius 1 is 1.23 bits per heavy atom. The maximum absolute atomic E-state index is 12.0. The Hall–Kier alpha value is -0.880. The molecule has 0 aliphatic rings. The molecule has 2 rings (SSSR count). The molecule has 0 heterocycles. The monoisotopic (exact) mass is 586 g/mol. The molecule has 1 amide bonds. The zero-order valence-corrected chi connectivity index (χ0v) is 16.7. The highest BCUT2D eigenvalue weighted by Crippen LogP contribution is 2.25. The number of hydrogen-bond donors (Lipinski definition) is 3. The first-order chi connectivity index (χ1) is 10.4. The average Bonchev–Trinajstić information content (AvgIpc) is 2.46. The molecule has 22 heavy (non-hydrogen) atoms. The fourth-order valence-electron chi connectivity index (χ4n) is 1.60. The number of rotatable bonds is 3. The molecule has 2 aromatic rings. The van der Waals surface area contributed by atoms with E-state index in [4.69, 9.17) is 0 Å². The van der Waals surface area contributed by atoms with Crippen LogP contribution in [0.15, 0.2) is 39.9 Å². The van der Waals surface area contributed by atoms with Gasteiger partial charge in [-0.1, -0.05) is 15.9 Å². The van der Waals surface area contributed by atoms with Crippen molar-refractivity contribution in [1.29, 1.82) is 0 Å². The van der Waals surface area contributed by atoms with Crippen LogP contribution in [0, 0.1) is 7.14 Å². The van der Waals surface area contributed by atoms with Crippen molar-refractivity contribution in [2.24, 2.45) is 5.10 Å². The van der Waals surface area contributed by atoms with E-state index in [0.29, 0.717) is 13.6 Å². The third kappa shape index (κ3) is 4.32. The number of halogens is 3. The third-order valence-corrected chi connectivity index (χ3v) is 4.57. The molecule has 0 saturated carbocycles. The molecule has 0 aliphatic carbocycles. The first kappa shape index (κ1) is 17.5. The van der Waals surface area contributed by atoms with Crippen molar-refractivity contribution in [3.05, 3.63) is 53.1 Å². The Labute approximate surface area is 162 Å². The van der Waals surface area contributed by atoms with E-state index in [0.717, 1.165) is 3.57 Å². The van der Waals surface area contributed by atoms with E-state index in [1.807, 2.05) is 28.7 Å². The minimum atomic E-state index is -0.546. The third-order valence-electron chi connectivity index (χ3n) is 2.63. The van der Waals surface area contributed by atoms with E-state index < -0.39 is 5.91 Å². The second kappa shape index (κ2) is 7.59. The van der Waals surface area contributed by atoms with Crippen LogP contribution in [0.3, 0.4) is 0 Å². The van der Waals surface area contributed by atoms with Gasteiger partial charge in [0, 0.05) is 13.6 Å². The zero-order chi connectivity index (χ0) is 16.3. The number of nitrogens with one attached hydrogen (secondary N) is 1. The maximum Gasteiger partial charge on any atom is 0.275 e. The lowest BCUT2D eigenvalue weighted by atomic mass is 10.2. The number of amides is 1. The highest BCUT2D eigenvalue weighted by atomic mass is 127. The van der Waals surface area contributed by atoms with E-state index in [2.05, 4.69) is 49.0 Å². The fraction of sp³-hybridized carbons (Fsp3) is 0. The molecule has 3 N–H and O–H groups in total. The number of hydrazone groups is 1. The van der Waals surface area contributed by atoms with Gasteiger partial charge in [0.2, 0.25) is 0 Å². The second-order valence-corrected chi connectivity index (χ2v) is 7.51. The number of aromatic hydroxyl groups is 2. The Balaban J connectivity index is 2.16. The van der Waals surface area contributed by atoms with Crippen molar-refractivity contribution < 1.29 is 15.0 Å². The summed E-state index contributed by atoms with van der Waals surface area (Å²) in [6.07, 6.45) is 1.35. The van der Waals surface area contributed by atoms with Crippen molar-refractivity contribution in [3.8, 4) is 11.5 Å². The van der Waals surface area contributed by atoms with Crippen molar-refractivity contribution in [3.63, 3.8) is 0 Å². The van der Waals surface area contributed by atoms with Gasteiger partial charge in [-0.05, 0) is 75.5 Å². The number of carbonyl (C=O) groups is 1. The summed E-state index contributed by atoms with van der Waals surface area (Å²) in [5.74, 6) is -0.582. The smallest absolute Gasteiger partial charge is 0.275 e. The van der Waals surface area contributed by atoms with Gasteiger partial charge in [-0.25, -0.2) is 5.43 Å². The summed E-state index contributed by atoms with van der Waals surface area (Å²) < 4.78 is 2.31. The standard InChI is InChI=1S/C14H9BrI2N2O3/c15-8-1-2-12(20)10(4-8)14(22)19-18-6-7-3-9(16)5-11(17)13(7)21/h1-6,20-21H,(H,19,22)/b18-6+. The molecule has 0 radical (unpaired) electrons. The number of phenolic OH excluding ortho intramolecular Hbond substituents is 2. The van der Waals surface area contributed by atoms with E-state index in [1.54, 1.807) is 12.1 Å². The van der Waals surface area contributed by atoms with Gasteiger partial charge in [0.1, 0.15) is 11.5 Å². The van der Waals surface area contributed by atoms with Gasteiger partial charge in [-0.15, -0.1) is 0 Å². The molecule has 0 saturated heterocycles. The molecular formula is C14H9BrI2N2O3. The molecule has 0 aliphatic heterocycles. The first-order valence-corrected chi connectivity index (χ1v) is 8.83. The van der Waals surface area contributed by atoms with Crippen molar-refractivity contribution in [1.82, 2.24) is 5.43 Å². The number of carbonyl (C=O) groups excluding carboxylic acids is 1. The predicted molar refractivity (Wildman–Crippen MR) is 104 cm³/mol. The summed E-state index contributed by atoms with van der Waals surface area (Å²) >= 11 is 7.37. The lowest BCUT2D eigenvalue weighted by Crippen LogP contribution is -2.17. The molecular weight excluding hydrogens is 578 g/mol. The molecule has 114 valence electrons. The largest absolute Gasteiger partial charge is 0.507 e. The summed E-state index contributed by atoms with van der Waals surface area (Å²) in [5.41, 5.74) is 2.92. The molecule has 0 bridgehead atoms. The van der Waals surface area contributed by atoms with Gasteiger partial charge in [0.25, 0.3) is 5.91 Å². The van der Waals surface area contributed by atoms with Gasteiger partial charge in [0.15, 0.2) is 0 Å². The van der Waals surface area contributed by atoms with Gasteiger partial charge >= 0.3 is 0 Å². The topological polar surface area (TPSA) is 81.9 Å². The van der Waals surface area contributed by atoms with Gasteiger partial charge < -0.3 is 10.2 Å². The second-order valence-electron chi connectivity index (χ2n) is 4.19. The number of hydrogen-bond acceptors (Lipinski definition) is 4. The normalized spacial score (nSPS) is 10.9. The van der Waals surface area contributed by atoms with Crippen molar-refractivity contribution >= 4 is 73.2 Å². The number of benzene rings is 2. The molecule has 0 spiro atoms. The summed E-state index contributed by atoms with van der Waals surface area (Å²) in [7, 11) is 0. The van der Waals surface area contributed by atoms with Crippen LogP contribution in [0.5, 0.6) is 11.5 Å². The van der Waals surface area contributed by atoms with Gasteiger partial charge in [-0.3, -0.25) is 4.79 Å². The lowest BCUT2D eigenvalue weighted by molar-refractivity contribution is 0.0952. The van der Waals surface area contributed by atoms with E-state index in [1.165, 1.54) is 18.3 Å². The fourth-order valence-corrected chi connectivity index (χ4v) is 3.85. The maximum atomic E-state index is 12.0. The van der Waals surface area contributed by atoms with Crippen molar-refractivity contribution in [2.45, 2.75) is 0 Å². The van der Waals surface area contributed by atoms with Crippen LogP contribution in [-0.2, 0) is 0 Å². The predicted octanol–water partition coefficient (Wildman–Crippen LogP) is 3.83. The van der Waals surface area contributed by atoms with Gasteiger partial charge in [0.05, 0.1) is 15.3 Å². The minimum absolute atomic E-state index is 0.101. The molecule has 5 nitrogen and oxygen atoms in total.